The number of ether oxygens (including phenoxy) is 1. The second kappa shape index (κ2) is 6.41. The number of para-hydroxylation sites is 1. The number of nitrogens with one attached hydrogen (secondary N) is 1. The van der Waals surface area contributed by atoms with Crippen molar-refractivity contribution in [3.8, 4) is 0 Å². The Labute approximate surface area is 128 Å². The monoisotopic (exact) mass is 330 g/mol. The van der Waals surface area contributed by atoms with Gasteiger partial charge in [0.2, 0.25) is 10.0 Å². The van der Waals surface area contributed by atoms with Crippen LogP contribution in [0, 0.1) is 10.1 Å². The van der Waals surface area contributed by atoms with Gasteiger partial charge in [-0.2, -0.15) is 4.72 Å². The lowest BCUT2D eigenvalue weighted by molar-refractivity contribution is -0.387. The molecule has 122 valence electrons. The minimum Gasteiger partial charge on any atom is -0.459 e. The molecule has 22 heavy (non-hydrogen) atoms. The summed E-state index contributed by atoms with van der Waals surface area (Å²) in [6, 6.07) is 3.72. The number of nitro groups is 1. The first-order chi connectivity index (χ1) is 9.94. The van der Waals surface area contributed by atoms with Gasteiger partial charge < -0.3 is 4.74 Å². The minimum absolute atomic E-state index is 0.504. The Morgan fingerprint density at radius 3 is 2.36 bits per heavy atom. The fraction of sp³-hybridized carbons (Fsp3) is 0.462. The number of nitrogens with zero attached hydrogens (tertiary/aromatic N) is 1. The molecule has 1 N–H and O–H groups in total. The molecule has 0 fully saturated rings. The molecule has 0 amide bonds. The number of hydrogen-bond acceptors (Lipinski definition) is 6. The van der Waals surface area contributed by atoms with Crippen LogP contribution in [0.1, 0.15) is 27.7 Å². The van der Waals surface area contributed by atoms with Crippen LogP contribution in [0.15, 0.2) is 29.2 Å². The van der Waals surface area contributed by atoms with Crippen LogP contribution in [0.5, 0.6) is 0 Å². The highest BCUT2D eigenvalue weighted by atomic mass is 32.2. The van der Waals surface area contributed by atoms with Crippen molar-refractivity contribution >= 4 is 21.7 Å². The summed E-state index contributed by atoms with van der Waals surface area (Å²) in [4.78, 5) is 21.4. The van der Waals surface area contributed by atoms with Crippen LogP contribution in [-0.4, -0.2) is 31.0 Å². The first-order valence-electron chi connectivity index (χ1n) is 6.42. The van der Waals surface area contributed by atoms with Crippen LogP contribution >= 0.6 is 0 Å². The number of nitro benzene ring substituents is 1. The highest BCUT2D eigenvalue weighted by Gasteiger charge is 2.30. The molecule has 0 bridgehead atoms. The summed E-state index contributed by atoms with van der Waals surface area (Å²) in [5.74, 6) is -0.769. The first-order valence-corrected chi connectivity index (χ1v) is 7.91. The average Bonchev–Trinajstić information content (AvgIpc) is 2.36. The van der Waals surface area contributed by atoms with Crippen LogP contribution in [0.2, 0.25) is 0 Å². The number of hydrogen-bond donors (Lipinski definition) is 1. The zero-order chi connectivity index (χ0) is 17.1. The van der Waals surface area contributed by atoms with E-state index in [1.807, 2.05) is 0 Å². The van der Waals surface area contributed by atoms with E-state index in [4.69, 9.17) is 4.74 Å². The summed E-state index contributed by atoms with van der Waals surface area (Å²) < 4.78 is 31.6. The Morgan fingerprint density at radius 2 is 1.86 bits per heavy atom. The smallest absolute Gasteiger partial charge is 0.324 e. The molecule has 0 saturated carbocycles. The molecule has 1 aromatic rings. The van der Waals surface area contributed by atoms with E-state index in [2.05, 4.69) is 4.72 Å². The van der Waals surface area contributed by atoms with Gasteiger partial charge in [0, 0.05) is 6.07 Å². The maximum atomic E-state index is 12.2. The molecule has 0 aliphatic heterocycles. The molecule has 9 heteroatoms. The number of esters is 1. The molecule has 1 aromatic carbocycles. The van der Waals surface area contributed by atoms with E-state index < -0.39 is 43.1 Å². The maximum Gasteiger partial charge on any atom is 0.324 e. The third-order valence-corrected chi connectivity index (χ3v) is 4.03. The van der Waals surface area contributed by atoms with Crippen LogP contribution in [0.4, 0.5) is 5.69 Å². The molecule has 1 rings (SSSR count). The predicted molar refractivity (Wildman–Crippen MR) is 78.7 cm³/mol. The first kappa shape index (κ1) is 18.1. The highest BCUT2D eigenvalue weighted by Crippen LogP contribution is 2.23. The van der Waals surface area contributed by atoms with E-state index in [9.17, 15) is 23.3 Å². The fourth-order valence-electron chi connectivity index (χ4n) is 1.57. The van der Waals surface area contributed by atoms with Crippen LogP contribution in [0.3, 0.4) is 0 Å². The molecule has 0 saturated heterocycles. The lowest BCUT2D eigenvalue weighted by Crippen LogP contribution is -2.42. The minimum atomic E-state index is -4.23. The Bertz CT molecular complexity index is 678. The summed E-state index contributed by atoms with van der Waals surface area (Å²) in [5, 5.41) is 10.9. The average molecular weight is 330 g/mol. The number of carbonyl (C=O) groups is 1. The fourth-order valence-corrected chi connectivity index (χ4v) is 2.93. The van der Waals surface area contributed by atoms with Crippen LogP contribution in [-0.2, 0) is 19.6 Å². The van der Waals surface area contributed by atoms with Crippen molar-refractivity contribution in [2.45, 2.75) is 44.2 Å². The van der Waals surface area contributed by atoms with Crippen molar-refractivity contribution in [2.75, 3.05) is 0 Å². The second-order valence-electron chi connectivity index (χ2n) is 5.60. The second-order valence-corrected chi connectivity index (χ2v) is 7.28. The number of benzene rings is 1. The topological polar surface area (TPSA) is 116 Å². The van der Waals surface area contributed by atoms with Gasteiger partial charge in [0.15, 0.2) is 4.90 Å². The lowest BCUT2D eigenvalue weighted by Gasteiger charge is -2.22. The molecular formula is C13H18N2O6S. The summed E-state index contributed by atoms with van der Waals surface area (Å²) in [6.07, 6.45) is 0. The van der Waals surface area contributed by atoms with Gasteiger partial charge in [-0.05, 0) is 33.8 Å². The van der Waals surface area contributed by atoms with Crippen LogP contribution in [0.25, 0.3) is 0 Å². The van der Waals surface area contributed by atoms with Gasteiger partial charge in [-0.25, -0.2) is 8.42 Å². The standard InChI is InChI=1S/C13H18N2O6S/c1-9(12(16)21-13(2,3)4)14-22(19,20)11-8-6-5-7-10(11)15(17)18/h5-9,14H,1-4H3/t9-/m0/s1. The Morgan fingerprint density at radius 1 is 1.32 bits per heavy atom. The van der Waals surface area contributed by atoms with E-state index >= 15 is 0 Å². The van der Waals surface area contributed by atoms with E-state index in [1.165, 1.54) is 19.1 Å². The van der Waals surface area contributed by atoms with Crippen molar-refractivity contribution in [3.05, 3.63) is 34.4 Å². The van der Waals surface area contributed by atoms with Crippen LogP contribution < -0.4 is 4.72 Å². The van der Waals surface area contributed by atoms with E-state index in [0.29, 0.717) is 0 Å². The van der Waals surface area contributed by atoms with Crippen molar-refractivity contribution in [1.82, 2.24) is 4.72 Å². The van der Waals surface area contributed by atoms with E-state index in [0.717, 1.165) is 12.1 Å². The third kappa shape index (κ3) is 4.78. The normalized spacial score (nSPS) is 13.5. The van der Waals surface area contributed by atoms with E-state index in [-0.39, 0.29) is 0 Å². The molecule has 8 nitrogen and oxygen atoms in total. The quantitative estimate of drug-likeness (QED) is 0.498. The summed E-state index contributed by atoms with van der Waals surface area (Å²) in [6.45, 7) is 6.25. The molecule has 0 unspecified atom stereocenters. The summed E-state index contributed by atoms with van der Waals surface area (Å²) >= 11 is 0. The zero-order valence-corrected chi connectivity index (χ0v) is 13.5. The zero-order valence-electron chi connectivity index (χ0n) is 12.7. The van der Waals surface area contributed by atoms with E-state index in [1.54, 1.807) is 20.8 Å². The Kier molecular flexibility index (Phi) is 5.26. The van der Waals surface area contributed by atoms with Crippen molar-refractivity contribution in [2.24, 2.45) is 0 Å². The molecular weight excluding hydrogens is 312 g/mol. The summed E-state index contributed by atoms with van der Waals surface area (Å²) in [7, 11) is -4.23. The predicted octanol–water partition coefficient (Wildman–Crippen LogP) is 1.60. The molecule has 0 aromatic heterocycles. The van der Waals surface area contributed by atoms with Gasteiger partial charge in [-0.3, -0.25) is 14.9 Å². The van der Waals surface area contributed by atoms with Gasteiger partial charge in [-0.1, -0.05) is 12.1 Å². The van der Waals surface area contributed by atoms with Crippen molar-refractivity contribution < 1.29 is 22.9 Å². The largest absolute Gasteiger partial charge is 0.459 e. The summed E-state index contributed by atoms with van der Waals surface area (Å²) in [5.41, 5.74) is -1.33. The molecule has 0 spiro atoms. The van der Waals surface area contributed by atoms with Gasteiger partial charge in [0.1, 0.15) is 11.6 Å². The molecule has 0 aliphatic rings. The molecule has 1 atom stereocenters. The maximum absolute atomic E-state index is 12.2. The molecule has 0 heterocycles. The Balaban J connectivity index is 3.02. The SMILES string of the molecule is C[C@H](NS(=O)(=O)c1ccccc1[N+](=O)[O-])C(=O)OC(C)(C)C. The van der Waals surface area contributed by atoms with Gasteiger partial charge >= 0.3 is 5.97 Å². The van der Waals surface area contributed by atoms with Gasteiger partial charge in [-0.15, -0.1) is 0 Å². The number of carbonyl (C=O) groups excluding carboxylic acids is 1. The molecule has 0 radical (unpaired) electrons. The van der Waals surface area contributed by atoms with Crippen molar-refractivity contribution in [3.63, 3.8) is 0 Å². The lowest BCUT2D eigenvalue weighted by atomic mass is 10.2. The van der Waals surface area contributed by atoms with Gasteiger partial charge in [0.05, 0.1) is 4.92 Å². The third-order valence-electron chi connectivity index (χ3n) is 2.44. The van der Waals surface area contributed by atoms with Gasteiger partial charge in [0.25, 0.3) is 5.69 Å². The van der Waals surface area contributed by atoms with Crippen molar-refractivity contribution in [1.29, 1.82) is 0 Å². The molecule has 0 aliphatic carbocycles. The number of rotatable bonds is 5. The number of sulfonamides is 1. The highest BCUT2D eigenvalue weighted by molar-refractivity contribution is 7.89. The Hall–Kier alpha value is -2.00.